The molecule has 1 unspecified atom stereocenters. The van der Waals surface area contributed by atoms with Gasteiger partial charge in [0.15, 0.2) is 5.03 Å². The van der Waals surface area contributed by atoms with Gasteiger partial charge in [-0.15, -0.1) is 0 Å². The van der Waals surface area contributed by atoms with Crippen molar-refractivity contribution in [1.82, 2.24) is 14.7 Å². The van der Waals surface area contributed by atoms with Gasteiger partial charge in [-0.2, -0.15) is 21.6 Å². The van der Waals surface area contributed by atoms with E-state index in [1.165, 1.54) is 24.3 Å². The summed E-state index contributed by atoms with van der Waals surface area (Å²) in [5.41, 5.74) is 5.24. The van der Waals surface area contributed by atoms with Crippen molar-refractivity contribution in [1.29, 1.82) is 0 Å². The zero-order chi connectivity index (χ0) is 29.1. The number of nitrogens with two attached hydrogens (primary N) is 1. The van der Waals surface area contributed by atoms with Crippen molar-refractivity contribution < 1.29 is 35.5 Å². The summed E-state index contributed by atoms with van der Waals surface area (Å²) in [6.07, 6.45) is -4.71. The molecule has 0 bridgehead atoms. The third kappa shape index (κ3) is 7.34. The molecular weight excluding hydrogens is 542 g/mol. The summed E-state index contributed by atoms with van der Waals surface area (Å²) in [6, 6.07) is 7.71. The number of benzene rings is 1. The third-order valence-electron chi connectivity index (χ3n) is 5.51. The standard InChI is InChI=1S/C25H27F4N5O4S/c1-14(2)13-38-18-11-16(10-17(26)12-18)20-9-8-19(23(31-20)34(4)15(3)25(27,28)29)24(35)33-39(36,37)22-7-5-6-21(30)32-22/h5-12,14-15H,13H2,1-4H3,(H2,30,32)(H,33,35). The van der Waals surface area contributed by atoms with Gasteiger partial charge in [0.25, 0.3) is 15.9 Å². The summed E-state index contributed by atoms with van der Waals surface area (Å²) in [5, 5.41) is -0.562. The number of ether oxygens (including phenoxy) is 1. The maximum atomic E-state index is 14.4. The van der Waals surface area contributed by atoms with Crippen LogP contribution in [0.25, 0.3) is 11.3 Å². The molecule has 3 N–H and O–H groups in total. The van der Waals surface area contributed by atoms with Crippen LogP contribution in [0.5, 0.6) is 5.75 Å². The van der Waals surface area contributed by atoms with Crippen LogP contribution in [0.4, 0.5) is 29.2 Å². The van der Waals surface area contributed by atoms with E-state index in [-0.39, 0.29) is 28.7 Å². The fraction of sp³-hybridized carbons (Fsp3) is 0.320. The molecule has 0 saturated carbocycles. The maximum absolute atomic E-state index is 14.4. The van der Waals surface area contributed by atoms with Crippen molar-refractivity contribution in [3.63, 3.8) is 0 Å². The lowest BCUT2D eigenvalue weighted by Gasteiger charge is -2.29. The zero-order valence-electron chi connectivity index (χ0n) is 21.5. The summed E-state index contributed by atoms with van der Waals surface area (Å²) in [5.74, 6) is -2.21. The van der Waals surface area contributed by atoms with Crippen LogP contribution in [0.2, 0.25) is 0 Å². The lowest BCUT2D eigenvalue weighted by Crippen LogP contribution is -2.43. The Morgan fingerprint density at radius 3 is 2.41 bits per heavy atom. The monoisotopic (exact) mass is 569 g/mol. The molecule has 0 aliphatic carbocycles. The quantitative estimate of drug-likeness (QED) is 0.363. The van der Waals surface area contributed by atoms with E-state index in [9.17, 15) is 30.8 Å². The highest BCUT2D eigenvalue weighted by Gasteiger charge is 2.40. The fourth-order valence-electron chi connectivity index (χ4n) is 3.32. The third-order valence-corrected chi connectivity index (χ3v) is 6.74. The molecule has 3 rings (SSSR count). The van der Waals surface area contributed by atoms with Gasteiger partial charge in [0.05, 0.1) is 17.9 Å². The van der Waals surface area contributed by atoms with E-state index in [1.807, 2.05) is 13.8 Å². The first kappa shape index (κ1) is 29.6. The van der Waals surface area contributed by atoms with Crippen LogP contribution in [0.15, 0.2) is 53.6 Å². The summed E-state index contributed by atoms with van der Waals surface area (Å²) >= 11 is 0. The van der Waals surface area contributed by atoms with Crippen LogP contribution in [0.1, 0.15) is 31.1 Å². The highest BCUT2D eigenvalue weighted by Crippen LogP contribution is 2.32. The molecule has 0 radical (unpaired) electrons. The second-order valence-corrected chi connectivity index (χ2v) is 10.7. The number of rotatable bonds is 9. The van der Waals surface area contributed by atoms with Crippen molar-refractivity contribution in [3.05, 3.63) is 59.9 Å². The molecule has 9 nitrogen and oxygen atoms in total. The molecule has 14 heteroatoms. The molecule has 2 heterocycles. The number of nitrogen functional groups attached to an aromatic ring is 1. The number of carbonyl (C=O) groups excluding carboxylic acids is 1. The van der Waals surface area contributed by atoms with Gasteiger partial charge in [-0.25, -0.2) is 19.1 Å². The molecule has 39 heavy (non-hydrogen) atoms. The molecule has 0 aliphatic heterocycles. The van der Waals surface area contributed by atoms with Gasteiger partial charge in [0.2, 0.25) is 0 Å². The average Bonchev–Trinajstić information content (AvgIpc) is 2.85. The smallest absolute Gasteiger partial charge is 0.408 e. The number of hydrogen-bond donors (Lipinski definition) is 2. The minimum absolute atomic E-state index is 0.0250. The van der Waals surface area contributed by atoms with E-state index < -0.39 is 50.4 Å². The van der Waals surface area contributed by atoms with Crippen LogP contribution < -0.4 is 20.1 Å². The molecule has 1 aromatic carbocycles. The molecular formula is C25H27F4N5O4S. The van der Waals surface area contributed by atoms with E-state index in [2.05, 4.69) is 9.97 Å². The Balaban J connectivity index is 2.08. The molecule has 1 atom stereocenters. The number of carbonyl (C=O) groups is 1. The topological polar surface area (TPSA) is 128 Å². The minimum Gasteiger partial charge on any atom is -0.493 e. The predicted molar refractivity (Wildman–Crippen MR) is 137 cm³/mol. The molecule has 0 spiro atoms. The van der Waals surface area contributed by atoms with Gasteiger partial charge < -0.3 is 15.4 Å². The van der Waals surface area contributed by atoms with Crippen molar-refractivity contribution >= 4 is 27.6 Å². The molecule has 2 aromatic heterocycles. The van der Waals surface area contributed by atoms with Crippen LogP contribution in [0.3, 0.4) is 0 Å². The first-order valence-corrected chi connectivity index (χ1v) is 13.1. The first-order valence-electron chi connectivity index (χ1n) is 11.6. The summed E-state index contributed by atoms with van der Waals surface area (Å²) in [4.78, 5) is 21.6. The fourth-order valence-corrected chi connectivity index (χ4v) is 4.27. The second-order valence-electron chi connectivity index (χ2n) is 9.11. The van der Waals surface area contributed by atoms with Crippen LogP contribution in [-0.4, -0.2) is 50.2 Å². The van der Waals surface area contributed by atoms with Crippen LogP contribution >= 0.6 is 0 Å². The summed E-state index contributed by atoms with van der Waals surface area (Å²) in [6.45, 7) is 4.95. The van der Waals surface area contributed by atoms with Gasteiger partial charge >= 0.3 is 6.18 Å². The van der Waals surface area contributed by atoms with Gasteiger partial charge in [0.1, 0.15) is 29.2 Å². The number of halogens is 4. The molecule has 0 fully saturated rings. The second kappa shape index (κ2) is 11.4. The Bertz CT molecular complexity index is 1470. The van der Waals surface area contributed by atoms with Gasteiger partial charge in [-0.3, -0.25) is 4.79 Å². The van der Waals surface area contributed by atoms with E-state index in [0.717, 1.165) is 38.2 Å². The molecule has 0 saturated heterocycles. The highest BCUT2D eigenvalue weighted by molar-refractivity contribution is 7.90. The van der Waals surface area contributed by atoms with Crippen LogP contribution in [-0.2, 0) is 10.0 Å². The normalized spacial score (nSPS) is 12.7. The zero-order valence-corrected chi connectivity index (χ0v) is 22.3. The Hall–Kier alpha value is -3.94. The van der Waals surface area contributed by atoms with E-state index in [1.54, 1.807) is 4.72 Å². The minimum atomic E-state index is -4.71. The number of alkyl halides is 3. The largest absolute Gasteiger partial charge is 0.493 e. The van der Waals surface area contributed by atoms with E-state index in [4.69, 9.17) is 10.5 Å². The Labute approximate surface area is 223 Å². The molecule has 210 valence electrons. The number of anilines is 2. The molecule has 3 aromatic rings. The number of pyridine rings is 2. The molecule has 0 aliphatic rings. The van der Waals surface area contributed by atoms with Crippen molar-refractivity contribution in [2.75, 3.05) is 24.3 Å². The van der Waals surface area contributed by atoms with Gasteiger partial charge in [0, 0.05) is 18.7 Å². The number of aromatic nitrogens is 2. The maximum Gasteiger partial charge on any atom is 0.408 e. The van der Waals surface area contributed by atoms with Crippen molar-refractivity contribution in [2.45, 2.75) is 38.0 Å². The highest BCUT2D eigenvalue weighted by atomic mass is 32.2. The summed E-state index contributed by atoms with van der Waals surface area (Å²) < 4.78 is 87.8. The molecule has 1 amide bonds. The van der Waals surface area contributed by atoms with Gasteiger partial charge in [-0.1, -0.05) is 19.9 Å². The Kier molecular flexibility index (Phi) is 8.68. The number of amides is 1. The number of nitrogens with one attached hydrogen (secondary N) is 1. The Morgan fingerprint density at radius 1 is 1.10 bits per heavy atom. The van der Waals surface area contributed by atoms with Crippen molar-refractivity contribution in [3.8, 4) is 17.0 Å². The number of sulfonamides is 1. The lowest BCUT2D eigenvalue weighted by molar-refractivity contribution is -0.144. The predicted octanol–water partition coefficient (Wildman–Crippen LogP) is 4.41. The lowest BCUT2D eigenvalue weighted by atomic mass is 10.1. The summed E-state index contributed by atoms with van der Waals surface area (Å²) in [7, 11) is -3.48. The number of hydrogen-bond acceptors (Lipinski definition) is 8. The number of nitrogens with zero attached hydrogens (tertiary/aromatic N) is 3. The van der Waals surface area contributed by atoms with E-state index >= 15 is 0 Å². The van der Waals surface area contributed by atoms with Crippen molar-refractivity contribution in [2.24, 2.45) is 5.92 Å². The Morgan fingerprint density at radius 2 is 1.79 bits per heavy atom. The average molecular weight is 570 g/mol. The van der Waals surface area contributed by atoms with E-state index in [0.29, 0.717) is 11.5 Å². The van der Waals surface area contributed by atoms with Gasteiger partial charge in [-0.05, 0) is 49.2 Å². The SMILES string of the molecule is CC(C)COc1cc(F)cc(-c2ccc(C(=O)NS(=O)(=O)c3cccc(N)n3)c(N(C)C(C)C(F)(F)F)n2)c1. The first-order chi connectivity index (χ1) is 18.1. The van der Waals surface area contributed by atoms with Crippen LogP contribution in [0, 0.1) is 11.7 Å².